The first-order chi connectivity index (χ1) is 8.27. The highest BCUT2D eigenvalue weighted by atomic mass is 16.1. The van der Waals surface area contributed by atoms with Crippen molar-refractivity contribution in [3.05, 3.63) is 41.5 Å². The van der Waals surface area contributed by atoms with Crippen LogP contribution in [0.3, 0.4) is 0 Å². The molecular formula is C15H19NO. The van der Waals surface area contributed by atoms with Gasteiger partial charge in [0.2, 0.25) is 5.91 Å². The van der Waals surface area contributed by atoms with Crippen molar-refractivity contribution in [2.24, 2.45) is 11.7 Å². The maximum absolute atomic E-state index is 11.6. The third-order valence-corrected chi connectivity index (χ3v) is 3.45. The predicted molar refractivity (Wildman–Crippen MR) is 70.2 cm³/mol. The Labute approximate surface area is 103 Å². The molecule has 2 N–H and O–H groups in total. The average molecular weight is 229 g/mol. The number of rotatable bonds is 3. The first-order valence-electron chi connectivity index (χ1n) is 6.34. The molecule has 0 unspecified atom stereocenters. The first-order valence-corrected chi connectivity index (χ1v) is 6.34. The first kappa shape index (κ1) is 11.9. The minimum Gasteiger partial charge on any atom is -0.366 e. The van der Waals surface area contributed by atoms with Gasteiger partial charge in [-0.2, -0.15) is 0 Å². The van der Waals surface area contributed by atoms with Gasteiger partial charge in [0.1, 0.15) is 0 Å². The quantitative estimate of drug-likeness (QED) is 0.795. The number of hydrogen-bond donors (Lipinski definition) is 1. The van der Waals surface area contributed by atoms with Crippen molar-refractivity contribution in [1.82, 2.24) is 0 Å². The summed E-state index contributed by atoms with van der Waals surface area (Å²) in [6, 6.07) is 9.94. The Balaban J connectivity index is 2.22. The SMILES string of the molecule is NC(=O)C(=Cc1ccccc1)C1CCCCC1. The van der Waals surface area contributed by atoms with E-state index in [0.717, 1.165) is 24.0 Å². The van der Waals surface area contributed by atoms with Gasteiger partial charge in [0.25, 0.3) is 0 Å². The zero-order valence-electron chi connectivity index (χ0n) is 10.1. The number of primary amides is 1. The smallest absolute Gasteiger partial charge is 0.244 e. The fourth-order valence-corrected chi connectivity index (χ4v) is 2.53. The Morgan fingerprint density at radius 3 is 2.35 bits per heavy atom. The Kier molecular flexibility index (Phi) is 3.97. The van der Waals surface area contributed by atoms with E-state index in [2.05, 4.69) is 0 Å². The summed E-state index contributed by atoms with van der Waals surface area (Å²) < 4.78 is 0. The molecule has 90 valence electrons. The van der Waals surface area contributed by atoms with Gasteiger partial charge in [-0.3, -0.25) is 4.79 Å². The molecule has 2 rings (SSSR count). The molecule has 0 aliphatic heterocycles. The van der Waals surface area contributed by atoms with Crippen LogP contribution in [-0.2, 0) is 4.79 Å². The van der Waals surface area contributed by atoms with Crippen LogP contribution in [0, 0.1) is 5.92 Å². The van der Waals surface area contributed by atoms with Crippen LogP contribution in [0.2, 0.25) is 0 Å². The van der Waals surface area contributed by atoms with Crippen LogP contribution in [0.5, 0.6) is 0 Å². The largest absolute Gasteiger partial charge is 0.366 e. The van der Waals surface area contributed by atoms with Crippen molar-refractivity contribution >= 4 is 12.0 Å². The number of amides is 1. The summed E-state index contributed by atoms with van der Waals surface area (Å²) in [5, 5.41) is 0. The zero-order valence-corrected chi connectivity index (χ0v) is 10.1. The van der Waals surface area contributed by atoms with Gasteiger partial charge in [0.05, 0.1) is 0 Å². The molecule has 2 heteroatoms. The number of carbonyl (C=O) groups excluding carboxylic acids is 1. The molecule has 17 heavy (non-hydrogen) atoms. The molecule has 1 fully saturated rings. The summed E-state index contributed by atoms with van der Waals surface area (Å²) in [5.41, 5.74) is 7.37. The molecule has 0 heterocycles. The highest BCUT2D eigenvalue weighted by Gasteiger charge is 2.21. The molecule has 0 bridgehead atoms. The Bertz CT molecular complexity index is 402. The second-order valence-electron chi connectivity index (χ2n) is 4.71. The van der Waals surface area contributed by atoms with Crippen molar-refractivity contribution in [2.75, 3.05) is 0 Å². The van der Waals surface area contributed by atoms with E-state index in [9.17, 15) is 4.79 Å². The van der Waals surface area contributed by atoms with Gasteiger partial charge in [-0.25, -0.2) is 0 Å². The van der Waals surface area contributed by atoms with Crippen LogP contribution in [0.15, 0.2) is 35.9 Å². The van der Waals surface area contributed by atoms with E-state index in [1.165, 1.54) is 19.3 Å². The van der Waals surface area contributed by atoms with Crippen LogP contribution in [0.1, 0.15) is 37.7 Å². The minimum absolute atomic E-state index is 0.263. The van der Waals surface area contributed by atoms with Crippen molar-refractivity contribution in [2.45, 2.75) is 32.1 Å². The Morgan fingerprint density at radius 1 is 1.12 bits per heavy atom. The highest BCUT2D eigenvalue weighted by molar-refractivity contribution is 5.97. The summed E-state index contributed by atoms with van der Waals surface area (Å²) in [7, 11) is 0. The monoisotopic (exact) mass is 229 g/mol. The maximum atomic E-state index is 11.6. The average Bonchev–Trinajstić information content (AvgIpc) is 2.38. The van der Waals surface area contributed by atoms with Gasteiger partial charge < -0.3 is 5.73 Å². The van der Waals surface area contributed by atoms with Gasteiger partial charge in [-0.1, -0.05) is 49.6 Å². The number of carbonyl (C=O) groups is 1. The molecule has 0 atom stereocenters. The Morgan fingerprint density at radius 2 is 1.76 bits per heavy atom. The lowest BCUT2D eigenvalue weighted by Crippen LogP contribution is -2.22. The fraction of sp³-hybridized carbons (Fsp3) is 0.400. The normalized spacial score (nSPS) is 18.0. The summed E-state index contributed by atoms with van der Waals surface area (Å²) >= 11 is 0. The molecule has 0 radical (unpaired) electrons. The summed E-state index contributed by atoms with van der Waals surface area (Å²) in [6.45, 7) is 0. The minimum atomic E-state index is -0.263. The molecule has 1 aromatic rings. The molecule has 1 saturated carbocycles. The van der Waals surface area contributed by atoms with Gasteiger partial charge in [-0.05, 0) is 30.4 Å². The molecule has 0 spiro atoms. The van der Waals surface area contributed by atoms with Gasteiger partial charge in [0.15, 0.2) is 0 Å². The summed E-state index contributed by atoms with van der Waals surface area (Å²) in [6.07, 6.45) is 7.86. The van der Waals surface area contributed by atoms with Gasteiger partial charge in [0, 0.05) is 5.57 Å². The van der Waals surface area contributed by atoms with E-state index in [4.69, 9.17) is 5.73 Å². The van der Waals surface area contributed by atoms with Crippen molar-refractivity contribution in [3.63, 3.8) is 0 Å². The predicted octanol–water partition coefficient (Wildman–Crippen LogP) is 3.14. The second-order valence-corrected chi connectivity index (χ2v) is 4.71. The van der Waals surface area contributed by atoms with Crippen molar-refractivity contribution in [3.8, 4) is 0 Å². The standard InChI is InChI=1S/C15H19NO/c16-15(17)14(13-9-5-2-6-10-13)11-12-7-3-1-4-8-12/h1,3-4,7-8,11,13H,2,5-6,9-10H2,(H2,16,17). The second kappa shape index (κ2) is 5.67. The third kappa shape index (κ3) is 3.19. The fourth-order valence-electron chi connectivity index (χ4n) is 2.53. The van der Waals surface area contributed by atoms with E-state index in [-0.39, 0.29) is 5.91 Å². The van der Waals surface area contributed by atoms with Crippen molar-refractivity contribution in [1.29, 1.82) is 0 Å². The molecule has 1 aliphatic carbocycles. The molecule has 1 aromatic carbocycles. The number of nitrogens with two attached hydrogens (primary N) is 1. The van der Waals surface area contributed by atoms with Crippen LogP contribution < -0.4 is 5.73 Å². The van der Waals surface area contributed by atoms with E-state index >= 15 is 0 Å². The number of benzene rings is 1. The zero-order chi connectivity index (χ0) is 12.1. The summed E-state index contributed by atoms with van der Waals surface area (Å²) in [5.74, 6) is 0.0993. The van der Waals surface area contributed by atoms with E-state index in [1.807, 2.05) is 36.4 Å². The van der Waals surface area contributed by atoms with Crippen LogP contribution >= 0.6 is 0 Å². The maximum Gasteiger partial charge on any atom is 0.244 e. The lowest BCUT2D eigenvalue weighted by molar-refractivity contribution is -0.115. The third-order valence-electron chi connectivity index (χ3n) is 3.45. The topological polar surface area (TPSA) is 43.1 Å². The molecular weight excluding hydrogens is 210 g/mol. The van der Waals surface area contributed by atoms with E-state index in [0.29, 0.717) is 5.92 Å². The van der Waals surface area contributed by atoms with Crippen LogP contribution in [0.4, 0.5) is 0 Å². The number of hydrogen-bond acceptors (Lipinski definition) is 1. The van der Waals surface area contributed by atoms with E-state index in [1.54, 1.807) is 0 Å². The molecule has 0 aromatic heterocycles. The molecule has 1 amide bonds. The molecule has 2 nitrogen and oxygen atoms in total. The molecule has 0 saturated heterocycles. The highest BCUT2D eigenvalue weighted by Crippen LogP contribution is 2.30. The molecule has 1 aliphatic rings. The lowest BCUT2D eigenvalue weighted by atomic mass is 9.83. The van der Waals surface area contributed by atoms with Gasteiger partial charge in [-0.15, -0.1) is 0 Å². The van der Waals surface area contributed by atoms with Crippen molar-refractivity contribution < 1.29 is 4.79 Å². The summed E-state index contributed by atoms with van der Waals surface area (Å²) in [4.78, 5) is 11.6. The lowest BCUT2D eigenvalue weighted by Gasteiger charge is -2.22. The van der Waals surface area contributed by atoms with Crippen LogP contribution in [0.25, 0.3) is 6.08 Å². The van der Waals surface area contributed by atoms with Crippen LogP contribution in [-0.4, -0.2) is 5.91 Å². The Hall–Kier alpha value is -1.57. The van der Waals surface area contributed by atoms with E-state index < -0.39 is 0 Å². The van der Waals surface area contributed by atoms with Gasteiger partial charge >= 0.3 is 0 Å².